The molecular weight excluding hydrogens is 475 g/mol. The van der Waals surface area contributed by atoms with Crippen molar-refractivity contribution in [2.45, 2.75) is 62.8 Å². The first kappa shape index (κ1) is 24.4. The highest BCUT2D eigenvalue weighted by Gasteiger charge is 2.48. The molecule has 2 aliphatic rings. The van der Waals surface area contributed by atoms with E-state index in [9.17, 15) is 23.1 Å². The summed E-state index contributed by atoms with van der Waals surface area (Å²) in [6.07, 6.45) is 1.67. The second-order valence-corrected chi connectivity index (χ2v) is 8.50. The second-order valence-electron chi connectivity index (χ2n) is 8.50. The number of alkyl halides is 4. The number of halogens is 5. The minimum Gasteiger partial charge on any atom is -0.387 e. The molecule has 4 heterocycles. The standard InChI is InChI=1S/C22H19F5N6O2/c1-2-12-9-15-13(18-22(26,27)5-4-21(35,6-7-28)11-33(18)31-15)10-32(12)20(34)30-14-3-8-29-17(16(14)23)19(24)25/h1,3,8,12,19,35H,4-6,9-11H2,(H,29,30,34)/t12-,21+/m1/s1. The van der Waals surface area contributed by atoms with Gasteiger partial charge in [0, 0.05) is 24.6 Å². The Kier molecular flexibility index (Phi) is 6.15. The number of nitriles is 1. The molecule has 0 saturated carbocycles. The van der Waals surface area contributed by atoms with E-state index in [1.807, 2.05) is 0 Å². The molecule has 4 rings (SSSR count). The van der Waals surface area contributed by atoms with Crippen LogP contribution in [0.25, 0.3) is 0 Å². The molecule has 0 unspecified atom stereocenters. The summed E-state index contributed by atoms with van der Waals surface area (Å²) >= 11 is 0. The third-order valence-corrected chi connectivity index (χ3v) is 6.15. The van der Waals surface area contributed by atoms with Gasteiger partial charge in [0.2, 0.25) is 0 Å². The number of nitrogens with zero attached hydrogens (tertiary/aromatic N) is 5. The van der Waals surface area contributed by atoms with Crippen molar-refractivity contribution < 1.29 is 31.9 Å². The van der Waals surface area contributed by atoms with E-state index in [2.05, 4.69) is 21.3 Å². The van der Waals surface area contributed by atoms with Gasteiger partial charge in [0.25, 0.3) is 12.3 Å². The number of fused-ring (bicyclic) bond motifs is 3. The summed E-state index contributed by atoms with van der Waals surface area (Å²) in [6, 6.07) is 0.843. The zero-order chi connectivity index (χ0) is 25.5. The average molecular weight is 494 g/mol. The number of amides is 2. The first-order valence-corrected chi connectivity index (χ1v) is 10.5. The molecule has 0 aromatic carbocycles. The van der Waals surface area contributed by atoms with Crippen LogP contribution in [0.4, 0.5) is 32.4 Å². The molecule has 8 nitrogen and oxygen atoms in total. The minimum absolute atomic E-state index is 0.0290. The number of nitrogens with one attached hydrogen (secondary N) is 1. The number of rotatable bonds is 3. The van der Waals surface area contributed by atoms with Crippen LogP contribution < -0.4 is 5.32 Å². The van der Waals surface area contributed by atoms with Gasteiger partial charge >= 0.3 is 6.03 Å². The van der Waals surface area contributed by atoms with Gasteiger partial charge in [0.1, 0.15) is 17.4 Å². The van der Waals surface area contributed by atoms with Gasteiger partial charge in [-0.3, -0.25) is 9.67 Å². The van der Waals surface area contributed by atoms with E-state index in [1.54, 1.807) is 6.07 Å². The summed E-state index contributed by atoms with van der Waals surface area (Å²) < 4.78 is 71.5. The monoisotopic (exact) mass is 494 g/mol. The highest BCUT2D eigenvalue weighted by Crippen LogP contribution is 2.43. The second kappa shape index (κ2) is 8.82. The molecule has 2 N–H and O–H groups in total. The summed E-state index contributed by atoms with van der Waals surface area (Å²) in [6.45, 7) is -0.754. The predicted molar refractivity (Wildman–Crippen MR) is 111 cm³/mol. The summed E-state index contributed by atoms with van der Waals surface area (Å²) in [4.78, 5) is 17.2. The number of urea groups is 1. The van der Waals surface area contributed by atoms with Gasteiger partial charge in [0.05, 0.1) is 42.6 Å². The van der Waals surface area contributed by atoms with E-state index in [1.165, 1.54) is 0 Å². The van der Waals surface area contributed by atoms with Crippen LogP contribution in [0.3, 0.4) is 0 Å². The molecule has 13 heteroatoms. The maximum atomic E-state index is 15.1. The highest BCUT2D eigenvalue weighted by molar-refractivity contribution is 5.90. The quantitative estimate of drug-likeness (QED) is 0.502. The number of aromatic nitrogens is 3. The number of pyridine rings is 1. The number of hydrogen-bond donors (Lipinski definition) is 2. The minimum atomic E-state index is -3.42. The molecular formula is C22H19F5N6O2. The lowest BCUT2D eigenvalue weighted by molar-refractivity contribution is -0.0394. The number of terminal acetylenes is 1. The molecule has 35 heavy (non-hydrogen) atoms. The number of carbonyl (C=O) groups excluding carboxylic acids is 1. The van der Waals surface area contributed by atoms with Gasteiger partial charge in [-0.15, -0.1) is 6.42 Å². The number of carbonyl (C=O) groups is 1. The van der Waals surface area contributed by atoms with Gasteiger partial charge in [0.15, 0.2) is 5.82 Å². The zero-order valence-corrected chi connectivity index (χ0v) is 18.1. The Balaban J connectivity index is 1.68. The number of anilines is 1. The van der Waals surface area contributed by atoms with Gasteiger partial charge in [-0.25, -0.2) is 18.0 Å². The summed E-state index contributed by atoms with van der Waals surface area (Å²) in [5.41, 5.74) is -3.68. The first-order valence-electron chi connectivity index (χ1n) is 10.5. The Morgan fingerprint density at radius 1 is 1.40 bits per heavy atom. The Hall–Kier alpha value is -3.71. The van der Waals surface area contributed by atoms with Crippen molar-refractivity contribution in [3.05, 3.63) is 40.7 Å². The fourth-order valence-electron chi connectivity index (χ4n) is 4.39. The molecule has 184 valence electrons. The lowest BCUT2D eigenvalue weighted by Crippen LogP contribution is -2.46. The summed E-state index contributed by atoms with van der Waals surface area (Å²) in [5.74, 6) is -2.48. The maximum absolute atomic E-state index is 15.1. The summed E-state index contributed by atoms with van der Waals surface area (Å²) in [5, 5.41) is 26.0. The van der Waals surface area contributed by atoms with Crippen molar-refractivity contribution in [1.82, 2.24) is 19.7 Å². The van der Waals surface area contributed by atoms with Crippen molar-refractivity contribution >= 4 is 11.7 Å². The molecule has 0 bridgehead atoms. The van der Waals surface area contributed by atoms with Crippen LogP contribution in [-0.2, 0) is 25.4 Å². The third-order valence-electron chi connectivity index (χ3n) is 6.15. The molecule has 2 aliphatic heterocycles. The lowest BCUT2D eigenvalue weighted by atomic mass is 9.92. The van der Waals surface area contributed by atoms with Crippen LogP contribution in [0, 0.1) is 29.5 Å². The molecule has 0 radical (unpaired) electrons. The molecule has 0 aliphatic carbocycles. The molecule has 2 aromatic rings. The largest absolute Gasteiger partial charge is 0.387 e. The van der Waals surface area contributed by atoms with Crippen molar-refractivity contribution in [3.8, 4) is 18.4 Å². The van der Waals surface area contributed by atoms with Crippen LogP contribution in [0.1, 0.15) is 48.3 Å². The third kappa shape index (κ3) is 4.39. The number of hydrogen-bond acceptors (Lipinski definition) is 5. The smallest absolute Gasteiger partial charge is 0.323 e. The molecule has 2 amide bonds. The van der Waals surface area contributed by atoms with Crippen molar-refractivity contribution in [3.63, 3.8) is 0 Å². The van der Waals surface area contributed by atoms with E-state index < -0.39 is 65.9 Å². The first-order chi connectivity index (χ1) is 16.5. The van der Waals surface area contributed by atoms with Crippen LogP contribution >= 0.6 is 0 Å². The van der Waals surface area contributed by atoms with Gasteiger partial charge in [-0.05, 0) is 12.5 Å². The van der Waals surface area contributed by atoms with E-state index in [0.717, 1.165) is 21.8 Å². The Morgan fingerprint density at radius 2 is 2.14 bits per heavy atom. The van der Waals surface area contributed by atoms with E-state index in [-0.39, 0.29) is 37.1 Å². The highest BCUT2D eigenvalue weighted by atomic mass is 19.3. The molecule has 0 saturated heterocycles. The van der Waals surface area contributed by atoms with Crippen LogP contribution in [0.2, 0.25) is 0 Å². The predicted octanol–water partition coefficient (Wildman–Crippen LogP) is 3.48. The normalized spacial score (nSPS) is 23.0. The Morgan fingerprint density at radius 3 is 2.80 bits per heavy atom. The van der Waals surface area contributed by atoms with E-state index in [4.69, 9.17) is 11.7 Å². The Bertz CT molecular complexity index is 1250. The lowest BCUT2D eigenvalue weighted by Gasteiger charge is -2.33. The van der Waals surface area contributed by atoms with Crippen LogP contribution in [0.5, 0.6) is 0 Å². The molecule has 2 aromatic heterocycles. The Labute approximate surface area is 196 Å². The topological polar surface area (TPSA) is 107 Å². The van der Waals surface area contributed by atoms with Gasteiger partial charge in [-0.2, -0.15) is 19.1 Å². The van der Waals surface area contributed by atoms with Crippen molar-refractivity contribution in [2.75, 3.05) is 5.32 Å². The van der Waals surface area contributed by atoms with Crippen LogP contribution in [-0.4, -0.2) is 42.4 Å². The van der Waals surface area contributed by atoms with Gasteiger partial charge < -0.3 is 15.3 Å². The van der Waals surface area contributed by atoms with Gasteiger partial charge in [-0.1, -0.05) is 5.92 Å². The van der Waals surface area contributed by atoms with Crippen molar-refractivity contribution in [1.29, 1.82) is 5.26 Å². The zero-order valence-electron chi connectivity index (χ0n) is 18.1. The summed E-state index contributed by atoms with van der Waals surface area (Å²) in [7, 11) is 0. The number of aliphatic hydroxyl groups is 1. The molecule has 2 atom stereocenters. The fraction of sp³-hybridized carbons (Fsp3) is 0.455. The SMILES string of the molecule is C#C[C@@H]1Cc2nn3c(c2CN1C(=O)Nc1ccnc(C(F)F)c1F)C(F)(F)CC[C@](O)(CC#N)C3. The fourth-order valence-corrected chi connectivity index (χ4v) is 4.39. The van der Waals surface area contributed by atoms with E-state index in [0.29, 0.717) is 0 Å². The van der Waals surface area contributed by atoms with E-state index >= 15 is 8.78 Å². The van der Waals surface area contributed by atoms with Crippen LogP contribution in [0.15, 0.2) is 12.3 Å². The van der Waals surface area contributed by atoms with Crippen molar-refractivity contribution in [2.24, 2.45) is 0 Å². The molecule has 0 fully saturated rings. The maximum Gasteiger partial charge on any atom is 0.323 e. The molecule has 0 spiro atoms. The average Bonchev–Trinajstić information content (AvgIpc) is 3.10.